The molecule has 18 heavy (non-hydrogen) atoms. The first-order valence-corrected chi connectivity index (χ1v) is 6.39. The Balaban J connectivity index is 2.10. The third-order valence-corrected chi connectivity index (χ3v) is 3.37. The molecule has 0 aliphatic carbocycles. The van der Waals surface area contributed by atoms with Gasteiger partial charge in [-0.05, 0) is 42.3 Å². The second kappa shape index (κ2) is 6.25. The Kier molecular flexibility index (Phi) is 4.66. The van der Waals surface area contributed by atoms with Gasteiger partial charge in [0.1, 0.15) is 5.76 Å². The molecule has 3 nitrogen and oxygen atoms in total. The van der Waals surface area contributed by atoms with Crippen LogP contribution in [0.5, 0.6) is 0 Å². The molecule has 1 atom stereocenters. The molecule has 1 heterocycles. The highest BCUT2D eigenvalue weighted by atomic mass is 35.5. The van der Waals surface area contributed by atoms with Gasteiger partial charge < -0.3 is 4.42 Å². The van der Waals surface area contributed by atoms with Gasteiger partial charge >= 0.3 is 0 Å². The van der Waals surface area contributed by atoms with E-state index in [9.17, 15) is 0 Å². The molecule has 2 aromatic rings. The van der Waals surface area contributed by atoms with E-state index >= 15 is 0 Å². The fourth-order valence-corrected chi connectivity index (χ4v) is 2.28. The smallest absolute Gasteiger partial charge is 0.103 e. The highest BCUT2D eigenvalue weighted by Gasteiger charge is 2.14. The van der Waals surface area contributed by atoms with Crippen LogP contribution in [0.1, 0.15) is 23.8 Å². The summed E-state index contributed by atoms with van der Waals surface area (Å²) in [4.78, 5) is 0. The molecular weight excluding hydrogens is 271 g/mol. The molecule has 1 unspecified atom stereocenters. The molecule has 0 spiro atoms. The topological polar surface area (TPSA) is 51.2 Å². The first-order chi connectivity index (χ1) is 8.70. The van der Waals surface area contributed by atoms with Gasteiger partial charge in [-0.2, -0.15) is 0 Å². The largest absolute Gasteiger partial charge is 0.469 e. The SMILES string of the molecule is NNC(CCc1ccco1)c1cc(Cl)ccc1Cl. The first-order valence-electron chi connectivity index (χ1n) is 5.64. The van der Waals surface area contributed by atoms with Crippen LogP contribution >= 0.6 is 23.2 Å². The third kappa shape index (κ3) is 3.27. The lowest BCUT2D eigenvalue weighted by molar-refractivity contribution is 0.458. The number of nitrogens with one attached hydrogen (secondary N) is 1. The number of halogens is 2. The second-order valence-electron chi connectivity index (χ2n) is 4.00. The molecule has 1 aromatic carbocycles. The zero-order chi connectivity index (χ0) is 13.0. The summed E-state index contributed by atoms with van der Waals surface area (Å²) >= 11 is 12.1. The Hall–Kier alpha value is -1.000. The van der Waals surface area contributed by atoms with Crippen molar-refractivity contribution >= 4 is 23.2 Å². The minimum atomic E-state index is -0.0544. The summed E-state index contributed by atoms with van der Waals surface area (Å²) in [6.45, 7) is 0. The molecule has 3 N–H and O–H groups in total. The van der Waals surface area contributed by atoms with Crippen molar-refractivity contribution in [1.29, 1.82) is 0 Å². The lowest BCUT2D eigenvalue weighted by Crippen LogP contribution is -2.28. The van der Waals surface area contributed by atoms with Crippen LogP contribution < -0.4 is 11.3 Å². The third-order valence-electron chi connectivity index (χ3n) is 2.79. The van der Waals surface area contributed by atoms with Crippen LogP contribution in [0.25, 0.3) is 0 Å². The van der Waals surface area contributed by atoms with Crippen molar-refractivity contribution in [2.75, 3.05) is 0 Å². The Bertz CT molecular complexity index is 500. The zero-order valence-electron chi connectivity index (χ0n) is 9.70. The van der Waals surface area contributed by atoms with Crippen LogP contribution in [0.15, 0.2) is 41.0 Å². The van der Waals surface area contributed by atoms with Gasteiger partial charge in [0.05, 0.1) is 6.26 Å². The number of furan rings is 1. The quantitative estimate of drug-likeness (QED) is 0.650. The molecule has 0 radical (unpaired) electrons. The normalized spacial score (nSPS) is 12.6. The predicted octanol–water partition coefficient (Wildman–Crippen LogP) is 3.72. The minimum absolute atomic E-state index is 0.0544. The zero-order valence-corrected chi connectivity index (χ0v) is 11.2. The number of hydrogen-bond donors (Lipinski definition) is 2. The Morgan fingerprint density at radius 2 is 2.11 bits per heavy atom. The number of rotatable bonds is 5. The van der Waals surface area contributed by atoms with E-state index in [4.69, 9.17) is 33.5 Å². The van der Waals surface area contributed by atoms with E-state index in [0.29, 0.717) is 10.0 Å². The summed E-state index contributed by atoms with van der Waals surface area (Å²) in [5.74, 6) is 6.51. The molecule has 2 rings (SSSR count). The van der Waals surface area contributed by atoms with Crippen LogP contribution in [-0.4, -0.2) is 0 Å². The molecule has 96 valence electrons. The van der Waals surface area contributed by atoms with E-state index < -0.39 is 0 Å². The monoisotopic (exact) mass is 284 g/mol. The molecule has 0 saturated carbocycles. The summed E-state index contributed by atoms with van der Waals surface area (Å²) in [6.07, 6.45) is 3.22. The number of aryl methyl sites for hydroxylation is 1. The Morgan fingerprint density at radius 1 is 1.28 bits per heavy atom. The molecule has 0 saturated heterocycles. The van der Waals surface area contributed by atoms with Crippen molar-refractivity contribution in [2.45, 2.75) is 18.9 Å². The average Bonchev–Trinajstić information content (AvgIpc) is 2.87. The molecule has 0 aliphatic heterocycles. The average molecular weight is 285 g/mol. The minimum Gasteiger partial charge on any atom is -0.469 e. The van der Waals surface area contributed by atoms with Gasteiger partial charge in [0.25, 0.3) is 0 Å². The van der Waals surface area contributed by atoms with E-state index in [1.165, 1.54) is 0 Å². The van der Waals surface area contributed by atoms with Gasteiger partial charge in [-0.1, -0.05) is 23.2 Å². The van der Waals surface area contributed by atoms with Gasteiger partial charge in [-0.25, -0.2) is 0 Å². The van der Waals surface area contributed by atoms with Crippen LogP contribution in [0.4, 0.5) is 0 Å². The number of nitrogens with two attached hydrogens (primary N) is 1. The van der Waals surface area contributed by atoms with E-state index in [0.717, 1.165) is 24.2 Å². The molecule has 0 fully saturated rings. The summed E-state index contributed by atoms with van der Waals surface area (Å²) < 4.78 is 5.29. The van der Waals surface area contributed by atoms with Crippen LogP contribution in [0.2, 0.25) is 10.0 Å². The molecule has 1 aromatic heterocycles. The van der Waals surface area contributed by atoms with E-state index in [1.54, 1.807) is 18.4 Å². The lowest BCUT2D eigenvalue weighted by atomic mass is 10.0. The Labute approximate surface area is 116 Å². The van der Waals surface area contributed by atoms with Crippen molar-refractivity contribution in [3.63, 3.8) is 0 Å². The maximum atomic E-state index is 6.15. The van der Waals surface area contributed by atoms with Crippen molar-refractivity contribution in [1.82, 2.24) is 5.43 Å². The van der Waals surface area contributed by atoms with Gasteiger partial charge in [0, 0.05) is 22.5 Å². The molecular formula is C13H14Cl2N2O. The van der Waals surface area contributed by atoms with Crippen molar-refractivity contribution < 1.29 is 4.42 Å². The molecule has 0 bridgehead atoms. The standard InChI is InChI=1S/C13H14Cl2N2O/c14-9-3-5-12(15)11(8-9)13(17-16)6-4-10-2-1-7-18-10/h1-3,5,7-8,13,17H,4,6,16H2. The van der Waals surface area contributed by atoms with Crippen molar-refractivity contribution in [2.24, 2.45) is 5.84 Å². The van der Waals surface area contributed by atoms with Gasteiger partial charge in [-0.15, -0.1) is 0 Å². The van der Waals surface area contributed by atoms with Crippen molar-refractivity contribution in [3.8, 4) is 0 Å². The summed E-state index contributed by atoms with van der Waals surface area (Å²) in [7, 11) is 0. The van der Waals surface area contributed by atoms with E-state index in [-0.39, 0.29) is 6.04 Å². The van der Waals surface area contributed by atoms with E-state index in [2.05, 4.69) is 5.43 Å². The lowest BCUT2D eigenvalue weighted by Gasteiger charge is -2.17. The number of hydrazine groups is 1. The summed E-state index contributed by atoms with van der Waals surface area (Å²) in [5, 5.41) is 1.30. The predicted molar refractivity (Wildman–Crippen MR) is 73.6 cm³/mol. The van der Waals surface area contributed by atoms with Crippen LogP contribution in [0, 0.1) is 0 Å². The summed E-state index contributed by atoms with van der Waals surface area (Å²) in [6, 6.07) is 9.11. The van der Waals surface area contributed by atoms with Crippen molar-refractivity contribution in [3.05, 3.63) is 58.0 Å². The highest BCUT2D eigenvalue weighted by Crippen LogP contribution is 2.28. The molecule has 0 aliphatic rings. The van der Waals surface area contributed by atoms with E-state index in [1.807, 2.05) is 18.2 Å². The Morgan fingerprint density at radius 3 is 2.78 bits per heavy atom. The van der Waals surface area contributed by atoms with Gasteiger partial charge in [-0.3, -0.25) is 11.3 Å². The second-order valence-corrected chi connectivity index (χ2v) is 4.85. The number of benzene rings is 1. The highest BCUT2D eigenvalue weighted by molar-refractivity contribution is 6.33. The maximum Gasteiger partial charge on any atom is 0.103 e. The molecule has 0 amide bonds. The van der Waals surface area contributed by atoms with Gasteiger partial charge in [0.2, 0.25) is 0 Å². The van der Waals surface area contributed by atoms with Gasteiger partial charge in [0.15, 0.2) is 0 Å². The summed E-state index contributed by atoms with van der Waals surface area (Å²) in [5.41, 5.74) is 3.67. The van der Waals surface area contributed by atoms with Crippen LogP contribution in [-0.2, 0) is 6.42 Å². The fourth-order valence-electron chi connectivity index (χ4n) is 1.85. The van der Waals surface area contributed by atoms with Crippen LogP contribution in [0.3, 0.4) is 0 Å². The fraction of sp³-hybridized carbons (Fsp3) is 0.231. The maximum absolute atomic E-state index is 6.15. The first kappa shape index (κ1) is 13.4. The number of hydrogen-bond acceptors (Lipinski definition) is 3. The molecule has 5 heteroatoms.